The molecule has 0 bridgehead atoms. The maximum Gasteiger partial charge on any atom is 0.253 e. The number of nitrogens with one attached hydrogen (secondary N) is 2. The predicted molar refractivity (Wildman–Crippen MR) is 138 cm³/mol. The van der Waals surface area contributed by atoms with Gasteiger partial charge in [-0.25, -0.2) is 4.39 Å². The van der Waals surface area contributed by atoms with Crippen molar-refractivity contribution in [1.82, 2.24) is 10.2 Å². The van der Waals surface area contributed by atoms with Gasteiger partial charge >= 0.3 is 0 Å². The van der Waals surface area contributed by atoms with E-state index in [0.717, 1.165) is 5.56 Å². The zero-order valence-corrected chi connectivity index (χ0v) is 20.2. The maximum absolute atomic E-state index is 14.5. The van der Waals surface area contributed by atoms with Crippen molar-refractivity contribution in [1.29, 1.82) is 0 Å². The molecule has 0 radical (unpaired) electrons. The van der Waals surface area contributed by atoms with Gasteiger partial charge in [0.05, 0.1) is 23.5 Å². The Morgan fingerprint density at radius 3 is 2.28 bits per heavy atom. The highest BCUT2D eigenvalue weighted by atomic mass is 19.1. The first-order valence-electron chi connectivity index (χ1n) is 11.9. The molecule has 2 N–H and O–H groups in total. The molecule has 0 aromatic heterocycles. The molecule has 2 amide bonds. The molecule has 1 aliphatic rings. The van der Waals surface area contributed by atoms with E-state index in [1.54, 1.807) is 36.4 Å². The molecule has 0 atom stereocenters. The van der Waals surface area contributed by atoms with E-state index in [1.165, 1.54) is 13.0 Å². The molecule has 1 saturated heterocycles. The number of para-hydroxylation sites is 1. The number of carbonyl (C=O) groups is 3. The van der Waals surface area contributed by atoms with Crippen molar-refractivity contribution >= 4 is 29.0 Å². The van der Waals surface area contributed by atoms with Crippen LogP contribution >= 0.6 is 0 Å². The van der Waals surface area contributed by atoms with Gasteiger partial charge in [0.2, 0.25) is 5.91 Å². The molecule has 1 heterocycles. The van der Waals surface area contributed by atoms with Crippen LogP contribution in [-0.2, 0) is 11.3 Å². The standard InChI is InChI=1S/C28H29FN4O3/c1-20(34)22-11-12-26(24(29)17-22)33-15-13-32(14-16-33)19-27(35)31-25-10-6-5-9-23(25)28(36)30-18-21-7-3-2-4-8-21/h2-12,17H,13-16,18-19H2,1H3,(H,30,36)(H,31,35). The third-order valence-electron chi connectivity index (χ3n) is 6.18. The summed E-state index contributed by atoms with van der Waals surface area (Å²) in [6.07, 6.45) is 0. The Hall–Kier alpha value is -4.04. The monoisotopic (exact) mass is 488 g/mol. The van der Waals surface area contributed by atoms with E-state index >= 15 is 0 Å². The van der Waals surface area contributed by atoms with Crippen LogP contribution < -0.4 is 15.5 Å². The molecule has 1 fully saturated rings. The van der Waals surface area contributed by atoms with Crippen LogP contribution in [-0.4, -0.2) is 55.2 Å². The fraction of sp³-hybridized carbons (Fsp3) is 0.250. The quantitative estimate of drug-likeness (QED) is 0.473. The van der Waals surface area contributed by atoms with Crippen LogP contribution in [0.1, 0.15) is 33.2 Å². The SMILES string of the molecule is CC(=O)c1ccc(N2CCN(CC(=O)Nc3ccccc3C(=O)NCc3ccccc3)CC2)c(F)c1. The second-order valence-corrected chi connectivity index (χ2v) is 8.75. The zero-order valence-electron chi connectivity index (χ0n) is 20.2. The molecule has 36 heavy (non-hydrogen) atoms. The number of rotatable bonds is 8. The average molecular weight is 489 g/mol. The van der Waals surface area contributed by atoms with E-state index in [1.807, 2.05) is 40.1 Å². The molecule has 8 heteroatoms. The van der Waals surface area contributed by atoms with Crippen molar-refractivity contribution in [3.8, 4) is 0 Å². The number of hydrogen-bond acceptors (Lipinski definition) is 5. The molecule has 7 nitrogen and oxygen atoms in total. The number of benzene rings is 3. The summed E-state index contributed by atoms with van der Waals surface area (Å²) in [5, 5.41) is 5.75. The second kappa shape index (κ2) is 11.6. The summed E-state index contributed by atoms with van der Waals surface area (Å²) in [6.45, 7) is 4.25. The molecule has 1 aliphatic heterocycles. The van der Waals surface area contributed by atoms with Crippen LogP contribution in [0.2, 0.25) is 0 Å². The fourth-order valence-corrected chi connectivity index (χ4v) is 4.19. The predicted octanol–water partition coefficient (Wildman–Crippen LogP) is 3.72. The van der Waals surface area contributed by atoms with Gasteiger partial charge in [0.1, 0.15) is 5.82 Å². The number of halogens is 1. The van der Waals surface area contributed by atoms with Gasteiger partial charge in [-0.1, -0.05) is 42.5 Å². The summed E-state index contributed by atoms with van der Waals surface area (Å²) in [5.41, 5.74) is 2.65. The molecule has 0 aliphatic carbocycles. The normalized spacial score (nSPS) is 13.8. The largest absolute Gasteiger partial charge is 0.367 e. The van der Waals surface area contributed by atoms with Crippen LogP contribution in [0.15, 0.2) is 72.8 Å². The lowest BCUT2D eigenvalue weighted by molar-refractivity contribution is -0.117. The van der Waals surface area contributed by atoms with E-state index in [9.17, 15) is 18.8 Å². The lowest BCUT2D eigenvalue weighted by Gasteiger charge is -2.35. The summed E-state index contributed by atoms with van der Waals surface area (Å²) in [6, 6.07) is 21.1. The Balaban J connectivity index is 1.30. The Morgan fingerprint density at radius 1 is 0.889 bits per heavy atom. The van der Waals surface area contributed by atoms with Crippen LogP contribution in [0.25, 0.3) is 0 Å². The van der Waals surface area contributed by atoms with Crippen molar-refractivity contribution in [2.45, 2.75) is 13.5 Å². The number of ketones is 1. The first-order chi connectivity index (χ1) is 17.4. The van der Waals surface area contributed by atoms with E-state index in [2.05, 4.69) is 10.6 Å². The van der Waals surface area contributed by atoms with Gasteiger partial charge in [0, 0.05) is 38.3 Å². The summed E-state index contributed by atoms with van der Waals surface area (Å²) >= 11 is 0. The van der Waals surface area contributed by atoms with Crippen LogP contribution in [0, 0.1) is 5.82 Å². The number of piperazine rings is 1. The van der Waals surface area contributed by atoms with Crippen molar-refractivity contribution in [2.24, 2.45) is 0 Å². The molecule has 4 rings (SSSR count). The van der Waals surface area contributed by atoms with E-state index in [4.69, 9.17) is 0 Å². The van der Waals surface area contributed by atoms with E-state index < -0.39 is 5.82 Å². The third kappa shape index (κ3) is 6.34. The summed E-state index contributed by atoms with van der Waals surface area (Å²) in [4.78, 5) is 40.9. The van der Waals surface area contributed by atoms with Crippen molar-refractivity contribution in [3.05, 3.63) is 95.3 Å². The molecule has 0 unspecified atom stereocenters. The van der Waals surface area contributed by atoms with Gasteiger partial charge in [-0.3, -0.25) is 19.3 Å². The Bertz CT molecular complexity index is 1240. The molecule has 3 aromatic carbocycles. The lowest BCUT2D eigenvalue weighted by Crippen LogP contribution is -2.49. The smallest absolute Gasteiger partial charge is 0.253 e. The number of anilines is 2. The lowest BCUT2D eigenvalue weighted by atomic mass is 10.1. The highest BCUT2D eigenvalue weighted by Crippen LogP contribution is 2.22. The van der Waals surface area contributed by atoms with Gasteiger partial charge in [0.15, 0.2) is 5.78 Å². The number of hydrogen-bond donors (Lipinski definition) is 2. The first kappa shape index (κ1) is 25.1. The van der Waals surface area contributed by atoms with Gasteiger partial charge in [0.25, 0.3) is 5.91 Å². The number of nitrogens with zero attached hydrogens (tertiary/aromatic N) is 2. The highest BCUT2D eigenvalue weighted by molar-refractivity contribution is 6.04. The molecular weight excluding hydrogens is 459 g/mol. The number of amides is 2. The van der Waals surface area contributed by atoms with Gasteiger partial charge < -0.3 is 15.5 Å². The molecular formula is C28H29FN4O3. The minimum Gasteiger partial charge on any atom is -0.367 e. The minimum absolute atomic E-state index is 0.166. The van der Waals surface area contributed by atoms with Crippen LogP contribution in [0.3, 0.4) is 0 Å². The summed E-state index contributed by atoms with van der Waals surface area (Å²) in [5.74, 6) is -1.08. The van der Waals surface area contributed by atoms with Crippen LogP contribution in [0.4, 0.5) is 15.8 Å². The van der Waals surface area contributed by atoms with Crippen molar-refractivity contribution in [2.75, 3.05) is 42.9 Å². The van der Waals surface area contributed by atoms with Gasteiger partial charge in [-0.15, -0.1) is 0 Å². The third-order valence-corrected chi connectivity index (χ3v) is 6.18. The van der Waals surface area contributed by atoms with E-state index in [-0.39, 0.29) is 24.1 Å². The summed E-state index contributed by atoms with van der Waals surface area (Å²) in [7, 11) is 0. The molecule has 0 spiro atoms. The first-order valence-corrected chi connectivity index (χ1v) is 11.9. The molecule has 186 valence electrons. The van der Waals surface area contributed by atoms with E-state index in [0.29, 0.717) is 55.2 Å². The minimum atomic E-state index is -0.420. The summed E-state index contributed by atoms with van der Waals surface area (Å²) < 4.78 is 14.5. The maximum atomic E-state index is 14.5. The molecule has 0 saturated carbocycles. The Morgan fingerprint density at radius 2 is 1.58 bits per heavy atom. The van der Waals surface area contributed by atoms with Crippen LogP contribution in [0.5, 0.6) is 0 Å². The highest BCUT2D eigenvalue weighted by Gasteiger charge is 2.22. The second-order valence-electron chi connectivity index (χ2n) is 8.75. The molecule has 3 aromatic rings. The topological polar surface area (TPSA) is 81.8 Å². The number of Topliss-reactive ketones (excluding diaryl/α,β-unsaturated/α-hetero) is 1. The fourth-order valence-electron chi connectivity index (χ4n) is 4.19. The van der Waals surface area contributed by atoms with Crippen molar-refractivity contribution < 1.29 is 18.8 Å². The van der Waals surface area contributed by atoms with Gasteiger partial charge in [-0.2, -0.15) is 0 Å². The number of carbonyl (C=O) groups excluding carboxylic acids is 3. The Labute approximate surface area is 209 Å². The Kier molecular flexibility index (Phi) is 8.07. The van der Waals surface area contributed by atoms with Crippen molar-refractivity contribution in [3.63, 3.8) is 0 Å². The van der Waals surface area contributed by atoms with Gasteiger partial charge in [-0.05, 0) is 42.8 Å². The average Bonchev–Trinajstić information content (AvgIpc) is 2.88. The zero-order chi connectivity index (χ0) is 25.5.